The summed E-state index contributed by atoms with van der Waals surface area (Å²) in [5.41, 5.74) is 0. The van der Waals surface area contributed by atoms with Crippen molar-refractivity contribution in [2.24, 2.45) is 5.92 Å². The lowest BCUT2D eigenvalue weighted by Crippen LogP contribution is -2.57. The molecule has 0 bridgehead atoms. The van der Waals surface area contributed by atoms with Crippen LogP contribution in [0.1, 0.15) is 13.3 Å². The van der Waals surface area contributed by atoms with Crippen molar-refractivity contribution in [1.29, 1.82) is 0 Å². The van der Waals surface area contributed by atoms with Gasteiger partial charge in [0, 0.05) is 6.54 Å². The zero-order chi connectivity index (χ0) is 10.7. The van der Waals surface area contributed by atoms with E-state index in [1.807, 2.05) is 0 Å². The molecule has 0 aromatic heterocycles. The maximum Gasteiger partial charge on any atom is 0.241 e. The van der Waals surface area contributed by atoms with Gasteiger partial charge in [-0.2, -0.15) is 0 Å². The van der Waals surface area contributed by atoms with Crippen LogP contribution in [0.2, 0.25) is 0 Å². The Labute approximate surface area is 88.0 Å². The van der Waals surface area contributed by atoms with Gasteiger partial charge in [-0.15, -0.1) is 6.58 Å². The third-order valence-corrected chi connectivity index (χ3v) is 2.40. The molecule has 76 valence electrons. The quantitative estimate of drug-likeness (QED) is 0.419. The molecule has 1 aliphatic heterocycles. The lowest BCUT2D eigenvalue weighted by molar-refractivity contribution is -0.140. The number of carbonyl (C=O) groups is 2. The molecule has 1 atom stereocenters. The van der Waals surface area contributed by atoms with Gasteiger partial charge in [0.15, 0.2) is 5.11 Å². The van der Waals surface area contributed by atoms with Crippen molar-refractivity contribution >= 4 is 29.1 Å². The largest absolute Gasteiger partial charge is 0.302 e. The Morgan fingerprint density at radius 3 is 2.79 bits per heavy atom. The molecule has 1 saturated heterocycles. The first-order chi connectivity index (χ1) is 6.61. The molecule has 14 heavy (non-hydrogen) atoms. The Hall–Kier alpha value is -1.23. The van der Waals surface area contributed by atoms with Gasteiger partial charge in [-0.25, -0.2) is 0 Å². The highest BCUT2D eigenvalue weighted by Gasteiger charge is 2.36. The van der Waals surface area contributed by atoms with Gasteiger partial charge < -0.3 is 5.32 Å². The summed E-state index contributed by atoms with van der Waals surface area (Å²) in [4.78, 5) is 24.4. The maximum absolute atomic E-state index is 11.7. The smallest absolute Gasteiger partial charge is 0.241 e. The fraction of sp³-hybridized carbons (Fsp3) is 0.444. The lowest BCUT2D eigenvalue weighted by atomic mass is 10.0. The molecule has 4 nitrogen and oxygen atoms in total. The predicted molar refractivity (Wildman–Crippen MR) is 56.4 cm³/mol. The van der Waals surface area contributed by atoms with Gasteiger partial charge in [-0.05, 0) is 18.6 Å². The van der Waals surface area contributed by atoms with Crippen LogP contribution >= 0.6 is 12.2 Å². The van der Waals surface area contributed by atoms with E-state index in [-0.39, 0.29) is 16.9 Å². The van der Waals surface area contributed by atoms with Crippen LogP contribution in [0.15, 0.2) is 12.7 Å². The molecule has 1 rings (SSSR count). The molecule has 0 spiro atoms. The molecule has 0 aromatic rings. The van der Waals surface area contributed by atoms with Crippen LogP contribution in [0.3, 0.4) is 0 Å². The fourth-order valence-electron chi connectivity index (χ4n) is 1.32. The molecule has 1 unspecified atom stereocenters. The van der Waals surface area contributed by atoms with Crippen molar-refractivity contribution in [3.8, 4) is 0 Å². The summed E-state index contributed by atoms with van der Waals surface area (Å²) in [6.45, 7) is 5.66. The molecular formula is C9H12N2O2S. The monoisotopic (exact) mass is 212 g/mol. The van der Waals surface area contributed by atoms with Crippen molar-refractivity contribution in [3.63, 3.8) is 0 Å². The minimum atomic E-state index is -0.610. The van der Waals surface area contributed by atoms with E-state index in [9.17, 15) is 9.59 Å². The Kier molecular flexibility index (Phi) is 3.35. The molecular weight excluding hydrogens is 200 g/mol. The van der Waals surface area contributed by atoms with Crippen LogP contribution in [0.25, 0.3) is 0 Å². The van der Waals surface area contributed by atoms with Crippen molar-refractivity contribution in [2.75, 3.05) is 6.54 Å². The highest BCUT2D eigenvalue weighted by Crippen LogP contribution is 2.13. The highest BCUT2D eigenvalue weighted by molar-refractivity contribution is 7.80. The molecule has 1 heterocycles. The Balaban J connectivity index is 2.87. The first-order valence-corrected chi connectivity index (χ1v) is 4.79. The average Bonchev–Trinajstić information content (AvgIpc) is 2.12. The SMILES string of the molecule is C=CCN1C(=O)C(CC)C(=O)NC1=S. The van der Waals surface area contributed by atoms with E-state index in [1.165, 1.54) is 4.90 Å². The number of hydrogen-bond donors (Lipinski definition) is 1. The first-order valence-electron chi connectivity index (χ1n) is 4.39. The van der Waals surface area contributed by atoms with E-state index in [1.54, 1.807) is 13.0 Å². The van der Waals surface area contributed by atoms with E-state index >= 15 is 0 Å². The number of hydrogen-bond acceptors (Lipinski definition) is 3. The van der Waals surface area contributed by atoms with Gasteiger partial charge in [0.2, 0.25) is 11.8 Å². The lowest BCUT2D eigenvalue weighted by Gasteiger charge is -2.31. The summed E-state index contributed by atoms with van der Waals surface area (Å²) in [7, 11) is 0. The number of amides is 2. The van der Waals surface area contributed by atoms with Gasteiger partial charge in [-0.1, -0.05) is 13.0 Å². The van der Waals surface area contributed by atoms with Gasteiger partial charge in [0.25, 0.3) is 0 Å². The van der Waals surface area contributed by atoms with Crippen molar-refractivity contribution in [2.45, 2.75) is 13.3 Å². The summed E-state index contributed by atoms with van der Waals surface area (Å²) in [5.74, 6) is -1.15. The predicted octanol–water partition coefficient (Wildman–Crippen LogP) is 0.442. The van der Waals surface area contributed by atoms with Crippen LogP contribution in [-0.2, 0) is 9.59 Å². The number of nitrogens with one attached hydrogen (secondary N) is 1. The minimum absolute atomic E-state index is 0.171. The molecule has 0 radical (unpaired) electrons. The number of rotatable bonds is 3. The molecule has 2 amide bonds. The Bertz CT molecular complexity index is 301. The fourth-order valence-corrected chi connectivity index (χ4v) is 1.59. The topological polar surface area (TPSA) is 49.4 Å². The van der Waals surface area contributed by atoms with E-state index in [4.69, 9.17) is 12.2 Å². The van der Waals surface area contributed by atoms with Gasteiger partial charge in [0.05, 0.1) is 0 Å². The summed E-state index contributed by atoms with van der Waals surface area (Å²) in [6.07, 6.45) is 2.06. The molecule has 0 aliphatic carbocycles. The standard InChI is InChI=1S/C9H12N2O2S/c1-3-5-11-8(13)6(4-2)7(12)10-9(11)14/h3,6H,1,4-5H2,2H3,(H,10,12,14). The van der Waals surface area contributed by atoms with E-state index < -0.39 is 5.92 Å². The minimum Gasteiger partial charge on any atom is -0.302 e. The third-order valence-electron chi connectivity index (χ3n) is 2.08. The Morgan fingerprint density at radius 1 is 1.64 bits per heavy atom. The molecule has 1 aliphatic rings. The van der Waals surface area contributed by atoms with Crippen LogP contribution in [0, 0.1) is 5.92 Å². The summed E-state index contributed by atoms with van der Waals surface area (Å²) < 4.78 is 0. The van der Waals surface area contributed by atoms with E-state index in [2.05, 4.69) is 11.9 Å². The second-order valence-electron chi connectivity index (χ2n) is 2.99. The molecule has 5 heteroatoms. The van der Waals surface area contributed by atoms with Crippen molar-refractivity contribution in [3.05, 3.63) is 12.7 Å². The van der Waals surface area contributed by atoms with Crippen LogP contribution in [0.5, 0.6) is 0 Å². The average molecular weight is 212 g/mol. The third kappa shape index (κ3) is 1.82. The van der Waals surface area contributed by atoms with Gasteiger partial charge in [0.1, 0.15) is 5.92 Å². The molecule has 0 aromatic carbocycles. The summed E-state index contributed by atoms with van der Waals surface area (Å²) in [6, 6.07) is 0. The zero-order valence-electron chi connectivity index (χ0n) is 7.95. The van der Waals surface area contributed by atoms with Gasteiger partial charge >= 0.3 is 0 Å². The maximum atomic E-state index is 11.7. The highest BCUT2D eigenvalue weighted by atomic mass is 32.1. The number of carbonyl (C=O) groups excluding carboxylic acids is 2. The first kappa shape index (κ1) is 10.8. The van der Waals surface area contributed by atoms with E-state index in [0.717, 1.165) is 0 Å². The normalized spacial score (nSPS) is 22.2. The number of thiocarbonyl (C=S) groups is 1. The second kappa shape index (κ2) is 4.32. The summed E-state index contributed by atoms with van der Waals surface area (Å²) >= 11 is 4.87. The summed E-state index contributed by atoms with van der Waals surface area (Å²) in [5, 5.41) is 2.67. The van der Waals surface area contributed by atoms with Crippen LogP contribution < -0.4 is 5.32 Å². The van der Waals surface area contributed by atoms with Crippen LogP contribution in [-0.4, -0.2) is 28.4 Å². The molecule has 1 N–H and O–H groups in total. The van der Waals surface area contributed by atoms with Crippen LogP contribution in [0.4, 0.5) is 0 Å². The van der Waals surface area contributed by atoms with Gasteiger partial charge in [-0.3, -0.25) is 14.5 Å². The molecule has 0 saturated carbocycles. The van der Waals surface area contributed by atoms with Crippen molar-refractivity contribution < 1.29 is 9.59 Å². The van der Waals surface area contributed by atoms with E-state index in [0.29, 0.717) is 13.0 Å². The zero-order valence-corrected chi connectivity index (χ0v) is 8.76. The number of nitrogens with zero attached hydrogens (tertiary/aromatic N) is 1. The Morgan fingerprint density at radius 2 is 2.29 bits per heavy atom. The molecule has 1 fully saturated rings. The van der Waals surface area contributed by atoms with Crippen molar-refractivity contribution in [1.82, 2.24) is 10.2 Å². The second-order valence-corrected chi connectivity index (χ2v) is 3.38.